The van der Waals surface area contributed by atoms with Crippen LogP contribution in [0.2, 0.25) is 0 Å². The Morgan fingerprint density at radius 3 is 2.28 bits per heavy atom. The maximum Gasteiger partial charge on any atom is 0.494 e. The first-order chi connectivity index (χ1) is 18.2. The molecule has 39 heavy (non-hydrogen) atoms. The second kappa shape index (κ2) is 9.31. The van der Waals surface area contributed by atoms with Crippen molar-refractivity contribution in [1.29, 1.82) is 0 Å². The molecule has 4 heterocycles. The predicted molar refractivity (Wildman–Crippen MR) is 151 cm³/mol. The summed E-state index contributed by atoms with van der Waals surface area (Å²) in [4.78, 5) is 24.0. The van der Waals surface area contributed by atoms with Crippen LogP contribution >= 0.6 is 0 Å². The van der Waals surface area contributed by atoms with Crippen LogP contribution in [0.1, 0.15) is 71.2 Å². The van der Waals surface area contributed by atoms with E-state index >= 15 is 0 Å². The van der Waals surface area contributed by atoms with Crippen LogP contribution < -0.4 is 10.4 Å². The molecule has 5 rings (SSSR count). The van der Waals surface area contributed by atoms with Crippen molar-refractivity contribution in [3.05, 3.63) is 59.1 Å². The van der Waals surface area contributed by atoms with E-state index in [9.17, 15) is 4.79 Å². The molecule has 0 saturated carbocycles. The fourth-order valence-electron chi connectivity index (χ4n) is 4.54. The third kappa shape index (κ3) is 4.99. The largest absolute Gasteiger partial charge is 0.494 e. The fourth-order valence-corrected chi connectivity index (χ4v) is 4.54. The van der Waals surface area contributed by atoms with Gasteiger partial charge in [0.05, 0.1) is 33.9 Å². The quantitative estimate of drug-likeness (QED) is 0.436. The molecule has 2 aromatic heterocycles. The van der Waals surface area contributed by atoms with Gasteiger partial charge < -0.3 is 18.6 Å². The number of carbonyl (C=O) groups excluding carboxylic acids is 1. The molecule has 0 bridgehead atoms. The van der Waals surface area contributed by atoms with Crippen molar-refractivity contribution in [1.82, 2.24) is 10.1 Å². The van der Waals surface area contributed by atoms with Crippen LogP contribution in [0.5, 0.6) is 0 Å². The zero-order chi connectivity index (χ0) is 28.3. The van der Waals surface area contributed by atoms with Gasteiger partial charge in [-0.2, -0.15) is 0 Å². The fraction of sp³-hybridized carbons (Fsp3) is 0.448. The Hall–Kier alpha value is -3.50. The van der Waals surface area contributed by atoms with E-state index in [1.807, 2.05) is 85.7 Å². The van der Waals surface area contributed by atoms with E-state index in [-0.39, 0.29) is 0 Å². The second-order valence-corrected chi connectivity index (χ2v) is 12.0. The van der Waals surface area contributed by atoms with Gasteiger partial charge in [0.1, 0.15) is 18.0 Å². The lowest BCUT2D eigenvalue weighted by molar-refractivity contribution is 0.00578. The zero-order valence-electron chi connectivity index (χ0n) is 24.1. The molecule has 2 aliphatic heterocycles. The summed E-state index contributed by atoms with van der Waals surface area (Å²) in [6.45, 7) is 15.9. The van der Waals surface area contributed by atoms with Crippen molar-refractivity contribution in [2.75, 3.05) is 11.9 Å². The van der Waals surface area contributed by atoms with Crippen LogP contribution in [0.25, 0.3) is 11.1 Å². The summed E-state index contributed by atoms with van der Waals surface area (Å²) >= 11 is 0. The zero-order valence-corrected chi connectivity index (χ0v) is 24.1. The lowest BCUT2D eigenvalue weighted by Crippen LogP contribution is -2.41. The van der Waals surface area contributed by atoms with Crippen molar-refractivity contribution in [2.24, 2.45) is 4.99 Å². The summed E-state index contributed by atoms with van der Waals surface area (Å²) < 4.78 is 23.6. The Bertz CT molecular complexity index is 1440. The molecule has 9 nitrogen and oxygen atoms in total. The van der Waals surface area contributed by atoms with Gasteiger partial charge in [0.2, 0.25) is 0 Å². The summed E-state index contributed by atoms with van der Waals surface area (Å²) in [5.41, 5.74) is 4.12. The Kier molecular flexibility index (Phi) is 6.47. The van der Waals surface area contributed by atoms with Gasteiger partial charge in [0.15, 0.2) is 5.76 Å². The van der Waals surface area contributed by atoms with Crippen molar-refractivity contribution < 1.29 is 23.4 Å². The highest BCUT2D eigenvalue weighted by Crippen LogP contribution is 2.37. The van der Waals surface area contributed by atoms with Gasteiger partial charge >= 0.3 is 13.2 Å². The highest BCUT2D eigenvalue weighted by Gasteiger charge is 2.51. The molecule has 0 radical (unpaired) electrons. The highest BCUT2D eigenvalue weighted by atomic mass is 16.7. The predicted octanol–water partition coefficient (Wildman–Crippen LogP) is 5.07. The molecule has 2 aliphatic rings. The van der Waals surface area contributed by atoms with Gasteiger partial charge in [0, 0.05) is 18.2 Å². The van der Waals surface area contributed by atoms with Crippen molar-refractivity contribution in [3.63, 3.8) is 0 Å². The molecule has 0 spiro atoms. The normalized spacial score (nSPS) is 17.7. The van der Waals surface area contributed by atoms with Crippen LogP contribution in [0, 0.1) is 6.92 Å². The minimum Gasteiger partial charge on any atom is -0.443 e. The van der Waals surface area contributed by atoms with E-state index in [1.54, 1.807) is 13.1 Å². The van der Waals surface area contributed by atoms with E-state index < -0.39 is 30.0 Å². The average molecular weight is 530 g/mol. The maximum atomic E-state index is 12.8. The number of carbonyl (C=O) groups is 1. The molecule has 1 amide bonds. The Balaban J connectivity index is 1.53. The van der Waals surface area contributed by atoms with Crippen molar-refractivity contribution >= 4 is 30.2 Å². The number of nitrogens with zero attached hydrogens (tertiary/aromatic N) is 4. The smallest absolute Gasteiger partial charge is 0.443 e. The number of aromatic nitrogens is 2. The minimum absolute atomic E-state index is 0.318. The molecule has 0 unspecified atom stereocenters. The first kappa shape index (κ1) is 27.1. The number of amides is 1. The molecular formula is C29H35BN4O5. The van der Waals surface area contributed by atoms with Crippen LogP contribution in [-0.4, -0.2) is 52.9 Å². The molecule has 0 atom stereocenters. The third-order valence-corrected chi connectivity index (χ3v) is 7.41. The second-order valence-electron chi connectivity index (χ2n) is 12.0. The van der Waals surface area contributed by atoms with Crippen LogP contribution in [0.4, 0.5) is 10.6 Å². The van der Waals surface area contributed by atoms with Gasteiger partial charge in [-0.3, -0.25) is 9.89 Å². The number of benzene rings is 1. The molecule has 10 heteroatoms. The average Bonchev–Trinajstić information content (AvgIpc) is 3.25. The summed E-state index contributed by atoms with van der Waals surface area (Å²) in [7, 11) is 1.18. The molecule has 204 valence electrons. The topological polar surface area (TPSA) is 99.3 Å². The van der Waals surface area contributed by atoms with E-state index in [4.69, 9.17) is 28.5 Å². The molecule has 0 N–H and O–H groups in total. The van der Waals surface area contributed by atoms with E-state index in [2.05, 4.69) is 5.16 Å². The van der Waals surface area contributed by atoms with E-state index in [1.165, 1.54) is 4.90 Å². The van der Waals surface area contributed by atoms with Crippen molar-refractivity contribution in [3.8, 4) is 11.1 Å². The monoisotopic (exact) mass is 530 g/mol. The number of hydrogen-bond donors (Lipinski definition) is 0. The SMILES string of the molecule is Cc1noc2c1-c1ccc(N(C)C(=O)OC(C)(C)C)nc1C(c1ccc(B3OC(C)(C)C(C)(C)O3)cc1)=NC2. The molecule has 0 aliphatic carbocycles. The molecule has 1 fully saturated rings. The minimum atomic E-state index is -0.628. The number of fused-ring (bicyclic) bond motifs is 3. The number of rotatable bonds is 3. The van der Waals surface area contributed by atoms with Gasteiger partial charge in [-0.25, -0.2) is 9.78 Å². The molecular weight excluding hydrogens is 495 g/mol. The maximum absolute atomic E-state index is 12.8. The Morgan fingerprint density at radius 1 is 1.03 bits per heavy atom. The number of anilines is 1. The molecule has 1 aromatic carbocycles. The lowest BCUT2D eigenvalue weighted by atomic mass is 9.78. The number of pyridine rings is 1. The summed E-state index contributed by atoms with van der Waals surface area (Å²) in [5.74, 6) is 1.12. The first-order valence-electron chi connectivity index (χ1n) is 13.1. The van der Waals surface area contributed by atoms with Crippen LogP contribution in [0.15, 0.2) is 45.9 Å². The number of aliphatic imine (C=N–C) groups is 1. The van der Waals surface area contributed by atoms with Gasteiger partial charge in [-0.15, -0.1) is 0 Å². The summed E-state index contributed by atoms with van der Waals surface area (Å²) in [6.07, 6.45) is -0.490. The van der Waals surface area contributed by atoms with Crippen LogP contribution in [-0.2, 0) is 20.6 Å². The van der Waals surface area contributed by atoms with Gasteiger partial charge in [0.25, 0.3) is 0 Å². The number of aryl methyl sites for hydroxylation is 1. The number of hydrogen-bond acceptors (Lipinski definition) is 8. The Morgan fingerprint density at radius 2 is 1.67 bits per heavy atom. The standard InChI is InChI=1S/C29H35BN4O5/c1-17-23-20-14-15-22(34(9)26(35)36-27(2,3)4)32-25(20)24(31-16-21(23)37-33-17)18-10-12-19(13-11-18)30-38-28(5,6)29(7,8)39-30/h10-15H,16H2,1-9H3. The first-order valence-corrected chi connectivity index (χ1v) is 13.1. The lowest BCUT2D eigenvalue weighted by Gasteiger charge is -2.32. The van der Waals surface area contributed by atoms with Gasteiger partial charge in [-0.05, 0) is 73.0 Å². The Labute approximate surface area is 229 Å². The highest BCUT2D eigenvalue weighted by molar-refractivity contribution is 6.62. The van der Waals surface area contributed by atoms with Crippen LogP contribution in [0.3, 0.4) is 0 Å². The number of ether oxygens (including phenoxy) is 1. The molecule has 1 saturated heterocycles. The van der Waals surface area contributed by atoms with Crippen molar-refractivity contribution in [2.45, 2.75) is 78.7 Å². The summed E-state index contributed by atoms with van der Waals surface area (Å²) in [6, 6.07) is 11.7. The van der Waals surface area contributed by atoms with E-state index in [0.717, 1.165) is 27.8 Å². The van der Waals surface area contributed by atoms with Gasteiger partial charge in [-0.1, -0.05) is 29.4 Å². The molecule has 3 aromatic rings. The summed E-state index contributed by atoms with van der Waals surface area (Å²) in [5, 5.41) is 4.16. The van der Waals surface area contributed by atoms with E-state index in [0.29, 0.717) is 29.5 Å². The third-order valence-electron chi connectivity index (χ3n) is 7.41.